The van der Waals surface area contributed by atoms with Gasteiger partial charge in [0.25, 0.3) is 5.91 Å². The quantitative estimate of drug-likeness (QED) is 0.159. The molecule has 55 heavy (non-hydrogen) atoms. The topological polar surface area (TPSA) is 165 Å². The van der Waals surface area contributed by atoms with Crippen LogP contribution in [0.3, 0.4) is 0 Å². The molecule has 3 heterocycles. The van der Waals surface area contributed by atoms with Gasteiger partial charge in [0.05, 0.1) is 24.4 Å². The van der Waals surface area contributed by atoms with Crippen molar-refractivity contribution >= 4 is 50.4 Å². The molecule has 2 N–H and O–H groups in total. The van der Waals surface area contributed by atoms with Crippen molar-refractivity contribution < 1.29 is 45.4 Å². The number of urea groups is 1. The van der Waals surface area contributed by atoms with Crippen LogP contribution in [0, 0.1) is 5.92 Å². The standard InChI is InChI=1S/C36H41ClF3N7O7S/c1-5-7-8-9-15-45(3)32(48)25-17-22(20-46(25)34(50)42-35(19-21(35)6-2)33(49)44-55(51,52)23-10-11-23)54-27-18-29(47-16-14-28(43-47)36(38,39)40)41-31-24(27)12-13-26(53-4)30(31)37/h5-6,12-14,16,18,21-23,25H,1-2,7-11,15,17,19-20H2,3-4H3,(H,42,50)(H,44,49)/t21-,22+,25+,35-/m1/s1. The Kier molecular flexibility index (Phi) is 11.1. The van der Waals surface area contributed by atoms with Crippen molar-refractivity contribution in [2.45, 2.75) is 74.1 Å². The molecular formula is C36H41ClF3N7O7S. The third kappa shape index (κ3) is 8.24. The number of carbonyl (C=O) groups excluding carboxylic acids is 3. The fourth-order valence-corrected chi connectivity index (χ4v) is 8.32. The SMILES string of the molecule is C=CCCCCN(C)C(=O)[C@@H]1C[C@H](Oc2cc(-n3ccc(C(F)(F)F)n3)nc3c(Cl)c(OC)ccc23)CN1C(=O)N[C@]1(C(=O)NS(=O)(=O)C2CC2)C[C@H]1C=C. The van der Waals surface area contributed by atoms with Crippen molar-refractivity contribution in [3.05, 3.63) is 66.5 Å². The van der Waals surface area contributed by atoms with Crippen molar-refractivity contribution in [3.8, 4) is 17.3 Å². The minimum Gasteiger partial charge on any atom is -0.495 e. The summed E-state index contributed by atoms with van der Waals surface area (Å²) in [5, 5.41) is 6.10. The Hall–Kier alpha value is -4.84. The number of alkyl halides is 3. The lowest BCUT2D eigenvalue weighted by molar-refractivity contribution is -0.141. The molecular weight excluding hydrogens is 767 g/mol. The Morgan fingerprint density at radius 2 is 1.91 bits per heavy atom. The van der Waals surface area contributed by atoms with Gasteiger partial charge in [-0.3, -0.25) is 14.3 Å². The molecule has 1 aliphatic heterocycles. The third-order valence-electron chi connectivity index (χ3n) is 10.0. The number of amides is 4. The number of benzene rings is 1. The number of methoxy groups -OCH3 is 1. The van der Waals surface area contributed by atoms with Crippen LogP contribution in [0.1, 0.15) is 50.6 Å². The molecule has 2 aliphatic carbocycles. The summed E-state index contributed by atoms with van der Waals surface area (Å²) in [6.07, 6.45) is 1.93. The molecule has 4 atom stereocenters. The second-order valence-electron chi connectivity index (χ2n) is 13.9. The number of aromatic nitrogens is 3. The van der Waals surface area contributed by atoms with Gasteiger partial charge in [0.2, 0.25) is 15.9 Å². The number of unbranched alkanes of at least 4 members (excludes halogenated alkanes) is 2. The van der Waals surface area contributed by atoms with Gasteiger partial charge in [-0.15, -0.1) is 13.2 Å². The molecule has 19 heteroatoms. The third-order valence-corrected chi connectivity index (χ3v) is 12.2. The first-order valence-electron chi connectivity index (χ1n) is 17.6. The van der Waals surface area contributed by atoms with E-state index < -0.39 is 68.6 Å². The molecule has 0 bridgehead atoms. The second-order valence-corrected chi connectivity index (χ2v) is 16.2. The molecule has 2 aromatic heterocycles. The lowest BCUT2D eigenvalue weighted by Gasteiger charge is -2.29. The highest BCUT2D eigenvalue weighted by molar-refractivity contribution is 7.91. The number of nitrogens with zero attached hydrogens (tertiary/aromatic N) is 5. The molecule has 14 nitrogen and oxygen atoms in total. The highest BCUT2D eigenvalue weighted by Gasteiger charge is 2.62. The van der Waals surface area contributed by atoms with Gasteiger partial charge in [-0.1, -0.05) is 23.8 Å². The first-order chi connectivity index (χ1) is 26.0. The van der Waals surface area contributed by atoms with Gasteiger partial charge in [0.1, 0.15) is 34.2 Å². The molecule has 1 aromatic carbocycles. The van der Waals surface area contributed by atoms with E-state index in [0.29, 0.717) is 31.2 Å². The van der Waals surface area contributed by atoms with Gasteiger partial charge in [0.15, 0.2) is 11.5 Å². The number of sulfonamides is 1. The van der Waals surface area contributed by atoms with Gasteiger partial charge < -0.3 is 24.6 Å². The number of rotatable bonds is 15. The number of ether oxygens (including phenoxy) is 2. The zero-order valence-corrected chi connectivity index (χ0v) is 31.7. The van der Waals surface area contributed by atoms with Crippen molar-refractivity contribution in [1.82, 2.24) is 34.6 Å². The van der Waals surface area contributed by atoms with E-state index in [0.717, 1.165) is 29.8 Å². The van der Waals surface area contributed by atoms with E-state index in [4.69, 9.17) is 21.1 Å². The van der Waals surface area contributed by atoms with Crippen LogP contribution in [-0.2, 0) is 25.8 Å². The minimum atomic E-state index is -4.71. The average Bonchev–Trinajstić information content (AvgIpc) is 4.02. The molecule has 0 unspecified atom stereocenters. The van der Waals surface area contributed by atoms with E-state index >= 15 is 0 Å². The lowest BCUT2D eigenvalue weighted by Crippen LogP contribution is -2.57. The summed E-state index contributed by atoms with van der Waals surface area (Å²) in [6, 6.07) is 3.48. The zero-order valence-electron chi connectivity index (χ0n) is 30.1. The van der Waals surface area contributed by atoms with Gasteiger partial charge in [-0.05, 0) is 56.7 Å². The number of likely N-dealkylation sites (N-methyl/N-ethyl adjacent to an activating group) is 1. The number of hydrogen-bond acceptors (Lipinski definition) is 9. The summed E-state index contributed by atoms with van der Waals surface area (Å²) in [4.78, 5) is 48.8. The van der Waals surface area contributed by atoms with E-state index in [2.05, 4.69) is 33.3 Å². The zero-order chi connectivity index (χ0) is 39.9. The van der Waals surface area contributed by atoms with Gasteiger partial charge in [0, 0.05) is 43.6 Å². The van der Waals surface area contributed by atoms with Crippen LogP contribution in [0.5, 0.6) is 11.5 Å². The second kappa shape index (κ2) is 15.4. The van der Waals surface area contributed by atoms with Crippen LogP contribution in [0.4, 0.5) is 18.0 Å². The summed E-state index contributed by atoms with van der Waals surface area (Å²) in [5.41, 5.74) is -2.61. The molecule has 296 valence electrons. The van der Waals surface area contributed by atoms with E-state index in [9.17, 15) is 36.0 Å². The molecule has 6 rings (SSSR count). The summed E-state index contributed by atoms with van der Waals surface area (Å²) in [6.45, 7) is 7.68. The Balaban J connectivity index is 1.31. The summed E-state index contributed by atoms with van der Waals surface area (Å²) >= 11 is 6.62. The number of allylic oxidation sites excluding steroid dienone is 1. The molecule has 0 radical (unpaired) electrons. The van der Waals surface area contributed by atoms with Crippen molar-refractivity contribution in [2.75, 3.05) is 27.2 Å². The number of halogens is 4. The van der Waals surface area contributed by atoms with Crippen LogP contribution in [0.2, 0.25) is 5.02 Å². The number of fused-ring (bicyclic) bond motifs is 1. The van der Waals surface area contributed by atoms with Crippen LogP contribution in [0.15, 0.2) is 55.8 Å². The number of likely N-dealkylation sites (tertiary alicyclic amines) is 1. The smallest absolute Gasteiger partial charge is 0.435 e. The highest BCUT2D eigenvalue weighted by atomic mass is 35.5. The Morgan fingerprint density at radius 3 is 2.53 bits per heavy atom. The number of pyridine rings is 1. The maximum Gasteiger partial charge on any atom is 0.435 e. The van der Waals surface area contributed by atoms with Crippen LogP contribution in [-0.4, -0.2) is 101 Å². The Labute approximate surface area is 320 Å². The largest absolute Gasteiger partial charge is 0.495 e. The Bertz CT molecular complexity index is 2130. The predicted octanol–water partition coefficient (Wildman–Crippen LogP) is 5.00. The molecule has 0 spiro atoms. The van der Waals surface area contributed by atoms with E-state index in [1.54, 1.807) is 25.3 Å². The molecule has 3 aliphatic rings. The highest BCUT2D eigenvalue weighted by Crippen LogP contribution is 2.46. The van der Waals surface area contributed by atoms with Crippen molar-refractivity contribution in [1.29, 1.82) is 0 Å². The lowest BCUT2D eigenvalue weighted by atomic mass is 10.1. The molecule has 3 aromatic rings. The van der Waals surface area contributed by atoms with Gasteiger partial charge >= 0.3 is 12.2 Å². The summed E-state index contributed by atoms with van der Waals surface area (Å²) in [5.74, 6) is -1.54. The minimum absolute atomic E-state index is 0.00752. The fraction of sp³-hybridized carbons (Fsp3) is 0.472. The monoisotopic (exact) mass is 807 g/mol. The van der Waals surface area contributed by atoms with Gasteiger partial charge in [-0.2, -0.15) is 18.3 Å². The molecule has 3 fully saturated rings. The summed E-state index contributed by atoms with van der Waals surface area (Å²) in [7, 11) is -0.927. The molecule has 1 saturated heterocycles. The van der Waals surface area contributed by atoms with Crippen molar-refractivity contribution in [3.63, 3.8) is 0 Å². The van der Waals surface area contributed by atoms with Crippen LogP contribution >= 0.6 is 11.6 Å². The van der Waals surface area contributed by atoms with Crippen LogP contribution < -0.4 is 19.5 Å². The van der Waals surface area contributed by atoms with E-state index in [-0.39, 0.29) is 47.2 Å². The predicted molar refractivity (Wildman–Crippen MR) is 196 cm³/mol. The van der Waals surface area contributed by atoms with E-state index in [1.165, 1.54) is 29.1 Å². The molecule has 4 amide bonds. The molecule has 2 saturated carbocycles. The first kappa shape index (κ1) is 39.8. The fourth-order valence-electron chi connectivity index (χ4n) is 6.67. The number of carbonyl (C=O) groups is 3. The first-order valence-corrected chi connectivity index (χ1v) is 19.6. The maximum atomic E-state index is 14.1. The number of nitrogens with one attached hydrogen (secondary N) is 2. The normalized spacial score (nSPS) is 22.2. The maximum absolute atomic E-state index is 14.1. The Morgan fingerprint density at radius 1 is 1.16 bits per heavy atom. The van der Waals surface area contributed by atoms with Crippen LogP contribution in [0.25, 0.3) is 16.7 Å². The van der Waals surface area contributed by atoms with Crippen molar-refractivity contribution in [2.24, 2.45) is 5.92 Å². The van der Waals surface area contributed by atoms with Gasteiger partial charge in [-0.25, -0.2) is 22.9 Å². The average molecular weight is 808 g/mol. The summed E-state index contributed by atoms with van der Waals surface area (Å²) < 4.78 is 80.5. The number of hydrogen-bond donors (Lipinski definition) is 2. The van der Waals surface area contributed by atoms with E-state index in [1.807, 2.05) is 0 Å².